The molecule has 0 radical (unpaired) electrons. The molecule has 7 nitrogen and oxygen atoms in total. The van der Waals surface area contributed by atoms with Gasteiger partial charge in [-0.2, -0.15) is 0 Å². The standard InChI is InChI=1S/C17H20ClN3O4S2/c18-13-6-14-15(7-16(13)27(19,24)25)26-21-17(20-14)2-1-10-3-11(8-22)5-12(4-10)9-23/h3-7,17,20-23H,1-2,8-9H2,(H2,19,24,25). The van der Waals surface area contributed by atoms with Crippen molar-refractivity contribution < 1.29 is 18.6 Å². The molecule has 1 atom stereocenters. The van der Waals surface area contributed by atoms with Crippen molar-refractivity contribution in [1.82, 2.24) is 4.72 Å². The summed E-state index contributed by atoms with van der Waals surface area (Å²) in [4.78, 5) is 0.597. The molecule has 10 heteroatoms. The second kappa shape index (κ2) is 8.36. The van der Waals surface area contributed by atoms with Crippen LogP contribution >= 0.6 is 23.5 Å². The molecule has 0 bridgehead atoms. The summed E-state index contributed by atoms with van der Waals surface area (Å²) in [6.45, 7) is -0.149. The highest BCUT2D eigenvalue weighted by atomic mass is 35.5. The molecule has 3 rings (SSSR count). The maximum Gasteiger partial charge on any atom is 0.239 e. The summed E-state index contributed by atoms with van der Waals surface area (Å²) in [5.74, 6) is 0. The number of nitrogens with one attached hydrogen (secondary N) is 2. The molecule has 0 aliphatic carbocycles. The molecule has 1 aliphatic rings. The molecule has 27 heavy (non-hydrogen) atoms. The minimum absolute atomic E-state index is 0.0609. The van der Waals surface area contributed by atoms with Crippen LogP contribution in [0.15, 0.2) is 40.1 Å². The normalized spacial score (nSPS) is 16.7. The number of aliphatic hydroxyl groups is 2. The fourth-order valence-corrected chi connectivity index (χ4v) is 4.93. The topological polar surface area (TPSA) is 125 Å². The van der Waals surface area contributed by atoms with Crippen LogP contribution in [0.3, 0.4) is 0 Å². The SMILES string of the molecule is NS(=O)(=O)c1cc2c(cc1Cl)NC(CCc1cc(CO)cc(CO)c1)NS2. The number of rotatable bonds is 6. The molecule has 2 aromatic rings. The largest absolute Gasteiger partial charge is 0.392 e. The number of benzene rings is 2. The average Bonchev–Trinajstić information content (AvgIpc) is 2.64. The molecule has 1 aliphatic heterocycles. The second-order valence-electron chi connectivity index (χ2n) is 6.25. The van der Waals surface area contributed by atoms with Gasteiger partial charge in [0, 0.05) is 4.90 Å². The lowest BCUT2D eigenvalue weighted by molar-refractivity contribution is 0.275. The van der Waals surface area contributed by atoms with Gasteiger partial charge in [-0.3, -0.25) is 0 Å². The summed E-state index contributed by atoms with van der Waals surface area (Å²) < 4.78 is 26.4. The van der Waals surface area contributed by atoms with Crippen LogP contribution in [0.25, 0.3) is 0 Å². The number of fused-ring (bicyclic) bond motifs is 1. The Morgan fingerprint density at radius 1 is 1.07 bits per heavy atom. The predicted octanol–water partition coefficient (Wildman–Crippen LogP) is 1.95. The Balaban J connectivity index is 1.71. The molecule has 0 saturated carbocycles. The number of aliphatic hydroxyl groups excluding tert-OH is 2. The third-order valence-corrected chi connectivity index (χ3v) is 6.52. The van der Waals surface area contributed by atoms with Crippen molar-refractivity contribution in [1.29, 1.82) is 0 Å². The second-order valence-corrected chi connectivity index (χ2v) is 9.07. The summed E-state index contributed by atoms with van der Waals surface area (Å²) >= 11 is 7.37. The maximum atomic E-state index is 11.6. The molecule has 0 aromatic heterocycles. The molecule has 6 N–H and O–H groups in total. The van der Waals surface area contributed by atoms with E-state index in [-0.39, 0.29) is 29.3 Å². The Bertz CT molecular complexity index is 931. The monoisotopic (exact) mass is 429 g/mol. The van der Waals surface area contributed by atoms with E-state index in [0.717, 1.165) is 35.2 Å². The van der Waals surface area contributed by atoms with E-state index in [1.165, 1.54) is 18.0 Å². The van der Waals surface area contributed by atoms with Crippen molar-refractivity contribution in [3.05, 3.63) is 52.0 Å². The van der Waals surface area contributed by atoms with Gasteiger partial charge in [0.15, 0.2) is 0 Å². The molecule has 146 valence electrons. The molecular weight excluding hydrogens is 410 g/mol. The minimum atomic E-state index is -3.88. The summed E-state index contributed by atoms with van der Waals surface area (Å²) in [6.07, 6.45) is 1.40. The van der Waals surface area contributed by atoms with Crippen LogP contribution < -0.4 is 15.2 Å². The first-order valence-corrected chi connectivity index (χ1v) is 10.9. The van der Waals surface area contributed by atoms with Gasteiger partial charge in [-0.15, -0.1) is 0 Å². The van der Waals surface area contributed by atoms with Crippen molar-refractivity contribution in [3.63, 3.8) is 0 Å². The van der Waals surface area contributed by atoms with E-state index in [1.807, 2.05) is 12.1 Å². The van der Waals surface area contributed by atoms with Crippen molar-refractivity contribution in [2.45, 2.75) is 42.0 Å². The van der Waals surface area contributed by atoms with Gasteiger partial charge >= 0.3 is 0 Å². The first kappa shape index (κ1) is 20.4. The Morgan fingerprint density at radius 3 is 2.30 bits per heavy atom. The summed E-state index contributed by atoms with van der Waals surface area (Å²) in [6, 6.07) is 8.62. The zero-order chi connectivity index (χ0) is 19.6. The Hall–Kier alpha value is -1.33. The Labute approximate surface area is 167 Å². The van der Waals surface area contributed by atoms with Gasteiger partial charge < -0.3 is 15.5 Å². The van der Waals surface area contributed by atoms with Gasteiger partial charge in [0.2, 0.25) is 10.0 Å². The maximum absolute atomic E-state index is 11.6. The third kappa shape index (κ3) is 4.94. The smallest absolute Gasteiger partial charge is 0.239 e. The Kier molecular flexibility index (Phi) is 6.32. The molecule has 1 heterocycles. The van der Waals surface area contributed by atoms with Crippen molar-refractivity contribution in [3.8, 4) is 0 Å². The van der Waals surface area contributed by atoms with Crippen LogP contribution in [0.1, 0.15) is 23.1 Å². The zero-order valence-electron chi connectivity index (χ0n) is 14.3. The number of sulfonamides is 1. The van der Waals surface area contributed by atoms with Gasteiger partial charge in [0.1, 0.15) is 4.90 Å². The van der Waals surface area contributed by atoms with Crippen LogP contribution in [-0.2, 0) is 29.7 Å². The third-order valence-electron chi connectivity index (χ3n) is 4.18. The lowest BCUT2D eigenvalue weighted by Crippen LogP contribution is -2.35. The van der Waals surface area contributed by atoms with E-state index in [0.29, 0.717) is 4.90 Å². The summed E-state index contributed by atoms with van der Waals surface area (Å²) in [7, 11) is -3.88. The number of nitrogens with two attached hydrogens (primary N) is 1. The van der Waals surface area contributed by atoms with E-state index in [9.17, 15) is 18.6 Å². The minimum Gasteiger partial charge on any atom is -0.392 e. The first-order chi connectivity index (χ1) is 12.8. The fraction of sp³-hybridized carbons (Fsp3) is 0.294. The average molecular weight is 430 g/mol. The van der Waals surface area contributed by atoms with Crippen LogP contribution in [0.5, 0.6) is 0 Å². The number of anilines is 1. The number of aryl methyl sites for hydroxylation is 1. The van der Waals surface area contributed by atoms with Gasteiger partial charge in [0.05, 0.1) is 30.1 Å². The first-order valence-electron chi connectivity index (χ1n) is 8.19. The van der Waals surface area contributed by atoms with Crippen LogP contribution in [0, 0.1) is 0 Å². The lowest BCUT2D eigenvalue weighted by Gasteiger charge is -2.28. The molecule has 1 unspecified atom stereocenters. The number of hydrogen-bond acceptors (Lipinski definition) is 7. The van der Waals surface area contributed by atoms with E-state index in [4.69, 9.17) is 16.7 Å². The van der Waals surface area contributed by atoms with Crippen LogP contribution in [-0.4, -0.2) is 24.8 Å². The number of primary sulfonamides is 1. The van der Waals surface area contributed by atoms with Crippen molar-refractivity contribution >= 4 is 39.3 Å². The summed E-state index contributed by atoms with van der Waals surface area (Å²) in [5, 5.41) is 27.2. The van der Waals surface area contributed by atoms with E-state index in [2.05, 4.69) is 10.0 Å². The quantitative estimate of drug-likeness (QED) is 0.444. The van der Waals surface area contributed by atoms with Crippen molar-refractivity contribution in [2.75, 3.05) is 5.32 Å². The van der Waals surface area contributed by atoms with E-state index < -0.39 is 10.0 Å². The fourth-order valence-electron chi connectivity index (χ4n) is 2.91. The lowest BCUT2D eigenvalue weighted by atomic mass is 10.0. The highest BCUT2D eigenvalue weighted by Gasteiger charge is 2.22. The molecule has 0 fully saturated rings. The van der Waals surface area contributed by atoms with Crippen molar-refractivity contribution in [2.24, 2.45) is 5.14 Å². The van der Waals surface area contributed by atoms with Gasteiger partial charge in [-0.05, 0) is 53.6 Å². The van der Waals surface area contributed by atoms with Gasteiger partial charge in [0.25, 0.3) is 0 Å². The molecular formula is C17H20ClN3O4S2. The molecule has 2 aromatic carbocycles. The van der Waals surface area contributed by atoms with E-state index >= 15 is 0 Å². The molecule has 0 saturated heterocycles. The molecule has 0 spiro atoms. The van der Waals surface area contributed by atoms with Gasteiger partial charge in [-0.25, -0.2) is 18.3 Å². The van der Waals surface area contributed by atoms with E-state index in [1.54, 1.807) is 12.1 Å². The number of halogens is 1. The van der Waals surface area contributed by atoms with Crippen LogP contribution in [0.2, 0.25) is 5.02 Å². The molecule has 0 amide bonds. The van der Waals surface area contributed by atoms with Gasteiger partial charge in [-0.1, -0.05) is 29.8 Å². The zero-order valence-corrected chi connectivity index (χ0v) is 16.7. The number of hydrogen-bond donors (Lipinski definition) is 5. The highest BCUT2D eigenvalue weighted by Crippen LogP contribution is 2.36. The van der Waals surface area contributed by atoms with Crippen LogP contribution in [0.4, 0.5) is 5.69 Å². The highest BCUT2D eigenvalue weighted by molar-refractivity contribution is 7.97. The predicted molar refractivity (Wildman–Crippen MR) is 106 cm³/mol. The summed E-state index contributed by atoms with van der Waals surface area (Å²) in [5.41, 5.74) is 3.29. The Morgan fingerprint density at radius 2 is 1.70 bits per heavy atom.